The molecule has 2 aliphatic rings. The highest BCUT2D eigenvalue weighted by atomic mass is 32.1. The van der Waals surface area contributed by atoms with Gasteiger partial charge in [0, 0.05) is 50.0 Å². The molecule has 1 N–H and O–H groups in total. The van der Waals surface area contributed by atoms with Crippen molar-refractivity contribution in [3.63, 3.8) is 0 Å². The number of nitrogens with one attached hydrogen (secondary N) is 1. The molecule has 3 atom stereocenters. The number of aromatic nitrogens is 3. The van der Waals surface area contributed by atoms with E-state index >= 15 is 0 Å². The maximum Gasteiger partial charge on any atom is 0.275 e. The molecular weight excluding hydrogens is 412 g/mol. The van der Waals surface area contributed by atoms with Gasteiger partial charge in [0.25, 0.3) is 5.56 Å². The van der Waals surface area contributed by atoms with Gasteiger partial charge in [0.1, 0.15) is 0 Å². The van der Waals surface area contributed by atoms with Gasteiger partial charge >= 0.3 is 0 Å². The lowest BCUT2D eigenvalue weighted by molar-refractivity contribution is -0.125. The Morgan fingerprint density at radius 1 is 1.23 bits per heavy atom. The van der Waals surface area contributed by atoms with E-state index in [0.29, 0.717) is 29.3 Å². The minimum absolute atomic E-state index is 0.0417. The number of hydrogen-bond acceptors (Lipinski definition) is 7. The van der Waals surface area contributed by atoms with E-state index in [2.05, 4.69) is 39.0 Å². The van der Waals surface area contributed by atoms with Crippen LogP contribution in [0.5, 0.6) is 0 Å². The van der Waals surface area contributed by atoms with Crippen molar-refractivity contribution >= 4 is 27.3 Å². The Bertz CT molecular complexity index is 963. The Labute approximate surface area is 187 Å². The summed E-state index contributed by atoms with van der Waals surface area (Å²) >= 11 is 1.41. The van der Waals surface area contributed by atoms with Crippen molar-refractivity contribution < 1.29 is 4.79 Å². The normalized spacial score (nSPS) is 25.1. The Hall–Kier alpha value is -2.00. The highest BCUT2D eigenvalue weighted by Crippen LogP contribution is 2.27. The molecule has 170 valence electrons. The molecule has 0 saturated carbocycles. The molecule has 9 heteroatoms. The van der Waals surface area contributed by atoms with Crippen LogP contribution in [0.1, 0.15) is 58.1 Å². The van der Waals surface area contributed by atoms with Crippen molar-refractivity contribution in [3.05, 3.63) is 22.1 Å². The molecule has 2 fully saturated rings. The molecule has 2 aliphatic heterocycles. The molecule has 2 saturated heterocycles. The molecule has 31 heavy (non-hydrogen) atoms. The summed E-state index contributed by atoms with van der Waals surface area (Å²) in [7, 11) is 0. The smallest absolute Gasteiger partial charge is 0.275 e. The van der Waals surface area contributed by atoms with E-state index in [4.69, 9.17) is 0 Å². The first-order chi connectivity index (χ1) is 14.9. The van der Waals surface area contributed by atoms with E-state index < -0.39 is 0 Å². The number of carbonyl (C=O) groups is 1. The number of anilines is 1. The maximum absolute atomic E-state index is 12.8. The molecule has 0 unspecified atom stereocenters. The first kappa shape index (κ1) is 22.2. The SMILES string of the molecule is Cc1cc(=O)n2nc(N3CCC[C@H](C(=O)NCCCN4[C@H](C)CCC[C@@H]4C)C3)sc2n1. The van der Waals surface area contributed by atoms with Crippen LogP contribution in [0.3, 0.4) is 0 Å². The molecule has 4 heterocycles. The highest BCUT2D eigenvalue weighted by molar-refractivity contribution is 7.20. The van der Waals surface area contributed by atoms with Crippen molar-refractivity contribution in [2.24, 2.45) is 5.92 Å². The average molecular weight is 447 g/mol. The van der Waals surface area contributed by atoms with Gasteiger partial charge in [0.15, 0.2) is 0 Å². The van der Waals surface area contributed by atoms with Crippen molar-refractivity contribution in [1.29, 1.82) is 0 Å². The lowest BCUT2D eigenvalue weighted by Crippen LogP contribution is -2.46. The second kappa shape index (κ2) is 9.65. The Morgan fingerprint density at radius 2 is 2.00 bits per heavy atom. The number of aryl methyl sites for hydroxylation is 1. The number of fused-ring (bicyclic) bond motifs is 1. The summed E-state index contributed by atoms with van der Waals surface area (Å²) in [4.78, 5) is 34.7. The van der Waals surface area contributed by atoms with Crippen LogP contribution in [0.4, 0.5) is 5.13 Å². The van der Waals surface area contributed by atoms with Gasteiger partial charge in [-0.25, -0.2) is 4.98 Å². The largest absolute Gasteiger partial charge is 0.356 e. The number of likely N-dealkylation sites (tertiary alicyclic amines) is 1. The summed E-state index contributed by atoms with van der Waals surface area (Å²) in [6, 6.07) is 2.78. The second-order valence-electron chi connectivity index (χ2n) is 9.11. The topological polar surface area (TPSA) is 82.8 Å². The summed E-state index contributed by atoms with van der Waals surface area (Å²) in [5.74, 6) is 0.0942. The molecule has 0 radical (unpaired) electrons. The van der Waals surface area contributed by atoms with E-state index in [1.165, 1.54) is 41.2 Å². The van der Waals surface area contributed by atoms with Crippen LogP contribution in [0.25, 0.3) is 4.96 Å². The van der Waals surface area contributed by atoms with Crippen LogP contribution in [0.15, 0.2) is 10.9 Å². The lowest BCUT2D eigenvalue weighted by Gasteiger charge is -2.39. The zero-order valence-corrected chi connectivity index (χ0v) is 19.7. The predicted octanol–water partition coefficient (Wildman–Crippen LogP) is 2.45. The molecule has 1 amide bonds. The highest BCUT2D eigenvalue weighted by Gasteiger charge is 2.28. The third-order valence-electron chi connectivity index (χ3n) is 6.69. The fourth-order valence-corrected chi connectivity index (χ4v) is 5.92. The number of rotatable bonds is 6. The molecule has 0 aromatic carbocycles. The van der Waals surface area contributed by atoms with Gasteiger partial charge in [-0.2, -0.15) is 4.52 Å². The molecular formula is C22H34N6O2S. The fraction of sp³-hybridized carbons (Fsp3) is 0.727. The van der Waals surface area contributed by atoms with E-state index in [9.17, 15) is 9.59 Å². The van der Waals surface area contributed by atoms with Crippen LogP contribution in [-0.2, 0) is 4.79 Å². The Balaban J connectivity index is 1.29. The summed E-state index contributed by atoms with van der Waals surface area (Å²) < 4.78 is 1.36. The van der Waals surface area contributed by atoms with Crippen LogP contribution >= 0.6 is 11.3 Å². The minimum Gasteiger partial charge on any atom is -0.356 e. The van der Waals surface area contributed by atoms with E-state index in [0.717, 1.165) is 44.0 Å². The van der Waals surface area contributed by atoms with Gasteiger partial charge < -0.3 is 10.2 Å². The molecule has 0 spiro atoms. The molecule has 4 rings (SSSR count). The second-order valence-corrected chi connectivity index (χ2v) is 10.0. The lowest BCUT2D eigenvalue weighted by atomic mass is 9.97. The Kier molecular flexibility index (Phi) is 6.91. The monoisotopic (exact) mass is 446 g/mol. The van der Waals surface area contributed by atoms with Gasteiger partial charge in [0.2, 0.25) is 16.0 Å². The standard InChI is InChI=1S/C22H34N6O2S/c1-15-13-19(29)28-21(24-15)31-22(25-28)26-11-5-9-18(14-26)20(30)23-10-6-12-27-16(2)7-4-8-17(27)3/h13,16-18H,4-12,14H2,1-3H3,(H,23,30)/t16-,17+,18-/m0/s1. The summed E-state index contributed by atoms with van der Waals surface area (Å²) in [6.07, 6.45) is 6.71. The number of nitrogens with zero attached hydrogens (tertiary/aromatic N) is 5. The predicted molar refractivity (Wildman–Crippen MR) is 124 cm³/mol. The van der Waals surface area contributed by atoms with Crippen molar-refractivity contribution in [3.8, 4) is 0 Å². The average Bonchev–Trinajstić information content (AvgIpc) is 3.17. The van der Waals surface area contributed by atoms with Crippen molar-refractivity contribution in [2.75, 3.05) is 31.1 Å². The number of amides is 1. The zero-order valence-electron chi connectivity index (χ0n) is 18.8. The van der Waals surface area contributed by atoms with Crippen LogP contribution < -0.4 is 15.8 Å². The zero-order chi connectivity index (χ0) is 22.0. The van der Waals surface area contributed by atoms with Crippen LogP contribution in [-0.4, -0.2) is 63.7 Å². The molecule has 2 aromatic rings. The quantitative estimate of drug-likeness (QED) is 0.687. The molecule has 0 aliphatic carbocycles. The summed E-state index contributed by atoms with van der Waals surface area (Å²) in [5, 5.41) is 8.39. The van der Waals surface area contributed by atoms with Gasteiger partial charge in [-0.05, 0) is 52.9 Å². The first-order valence-corrected chi connectivity index (χ1v) is 12.4. The Morgan fingerprint density at radius 3 is 2.77 bits per heavy atom. The third-order valence-corrected chi connectivity index (χ3v) is 7.66. The maximum atomic E-state index is 12.8. The fourth-order valence-electron chi connectivity index (χ4n) is 4.94. The van der Waals surface area contributed by atoms with E-state index in [1.54, 1.807) is 0 Å². The van der Waals surface area contributed by atoms with Gasteiger partial charge in [-0.15, -0.1) is 5.10 Å². The van der Waals surface area contributed by atoms with Crippen LogP contribution in [0, 0.1) is 12.8 Å². The van der Waals surface area contributed by atoms with Crippen molar-refractivity contribution in [2.45, 2.75) is 71.4 Å². The van der Waals surface area contributed by atoms with Crippen LogP contribution in [0.2, 0.25) is 0 Å². The van der Waals surface area contributed by atoms with Crippen molar-refractivity contribution in [1.82, 2.24) is 24.8 Å². The third kappa shape index (κ3) is 5.09. The molecule has 0 bridgehead atoms. The van der Waals surface area contributed by atoms with E-state index in [-0.39, 0.29) is 17.4 Å². The van der Waals surface area contributed by atoms with Gasteiger partial charge in [-0.3, -0.25) is 14.5 Å². The number of hydrogen-bond donors (Lipinski definition) is 1. The number of carbonyl (C=O) groups excluding carboxylic acids is 1. The summed E-state index contributed by atoms with van der Waals surface area (Å²) in [6.45, 7) is 9.71. The number of piperidine rings is 2. The van der Waals surface area contributed by atoms with Gasteiger partial charge in [0.05, 0.1) is 5.92 Å². The first-order valence-electron chi connectivity index (χ1n) is 11.6. The molecule has 2 aromatic heterocycles. The molecule has 8 nitrogen and oxygen atoms in total. The van der Waals surface area contributed by atoms with Gasteiger partial charge in [-0.1, -0.05) is 17.8 Å². The van der Waals surface area contributed by atoms with E-state index in [1.807, 2.05) is 6.92 Å². The minimum atomic E-state index is -0.159. The summed E-state index contributed by atoms with van der Waals surface area (Å²) in [5.41, 5.74) is 0.540.